The molecule has 0 saturated heterocycles. The molecule has 0 radical (unpaired) electrons. The van der Waals surface area contributed by atoms with E-state index in [1.54, 1.807) is 20.9 Å². The highest BCUT2D eigenvalue weighted by Crippen LogP contribution is 2.21. The zero-order valence-corrected chi connectivity index (χ0v) is 23.8. The van der Waals surface area contributed by atoms with Crippen LogP contribution >= 0.6 is 11.3 Å². The van der Waals surface area contributed by atoms with E-state index < -0.39 is 0 Å². The SMILES string of the molecule is CC.c1ccc(Cn2nnc(-c3ccc4ccccc4c3)n2)cc1.c1ccc(Cn2nnc(-c3cccs3)n2)cc1. The molecule has 8 nitrogen and oxygen atoms in total. The van der Waals surface area contributed by atoms with E-state index in [-0.39, 0.29) is 0 Å². The van der Waals surface area contributed by atoms with Gasteiger partial charge in [0.25, 0.3) is 0 Å². The summed E-state index contributed by atoms with van der Waals surface area (Å²) in [6.07, 6.45) is 0. The van der Waals surface area contributed by atoms with E-state index >= 15 is 0 Å². The molecule has 0 bridgehead atoms. The van der Waals surface area contributed by atoms with Gasteiger partial charge in [-0.15, -0.1) is 31.7 Å². The van der Waals surface area contributed by atoms with Gasteiger partial charge in [-0.2, -0.15) is 9.59 Å². The molecular formula is C32H30N8S. The Bertz CT molecular complexity index is 1760. The van der Waals surface area contributed by atoms with Crippen molar-refractivity contribution >= 4 is 22.1 Å². The molecule has 4 aromatic carbocycles. The average molecular weight is 559 g/mol. The summed E-state index contributed by atoms with van der Waals surface area (Å²) >= 11 is 1.62. The second kappa shape index (κ2) is 13.9. The number of nitrogens with zero attached hydrogens (tertiary/aromatic N) is 8. The van der Waals surface area contributed by atoms with Crippen LogP contribution in [-0.2, 0) is 13.1 Å². The lowest BCUT2D eigenvalue weighted by molar-refractivity contribution is 0.573. The third kappa shape index (κ3) is 7.34. The van der Waals surface area contributed by atoms with Gasteiger partial charge >= 0.3 is 0 Å². The minimum atomic E-state index is 0.626. The Hall–Kier alpha value is -5.02. The number of tetrazole rings is 2. The van der Waals surface area contributed by atoms with Crippen molar-refractivity contribution in [1.29, 1.82) is 0 Å². The van der Waals surface area contributed by atoms with E-state index in [1.165, 1.54) is 16.3 Å². The molecule has 9 heteroatoms. The summed E-state index contributed by atoms with van der Waals surface area (Å²) in [6, 6.07) is 38.7. The van der Waals surface area contributed by atoms with Gasteiger partial charge < -0.3 is 0 Å². The first-order valence-corrected chi connectivity index (χ1v) is 14.3. The van der Waals surface area contributed by atoms with Gasteiger partial charge in [0.1, 0.15) is 0 Å². The van der Waals surface area contributed by atoms with Gasteiger partial charge in [-0.3, -0.25) is 0 Å². The molecule has 3 heterocycles. The topological polar surface area (TPSA) is 87.2 Å². The predicted molar refractivity (Wildman–Crippen MR) is 164 cm³/mol. The van der Waals surface area contributed by atoms with Crippen molar-refractivity contribution in [2.45, 2.75) is 26.9 Å². The maximum atomic E-state index is 4.48. The van der Waals surface area contributed by atoms with E-state index in [0.29, 0.717) is 24.7 Å². The normalized spacial score (nSPS) is 10.4. The molecule has 0 atom stereocenters. The van der Waals surface area contributed by atoms with Crippen molar-refractivity contribution in [2.24, 2.45) is 0 Å². The second-order valence-corrected chi connectivity index (χ2v) is 9.75. The Balaban J connectivity index is 0.000000160. The summed E-state index contributed by atoms with van der Waals surface area (Å²) in [7, 11) is 0. The van der Waals surface area contributed by atoms with Crippen LogP contribution in [0.3, 0.4) is 0 Å². The lowest BCUT2D eigenvalue weighted by atomic mass is 10.1. The highest BCUT2D eigenvalue weighted by molar-refractivity contribution is 7.13. The number of benzene rings is 4. The van der Waals surface area contributed by atoms with Gasteiger partial charge in [-0.25, -0.2) is 0 Å². The van der Waals surface area contributed by atoms with Crippen LogP contribution in [0.15, 0.2) is 121 Å². The smallest absolute Gasteiger partial charge is 0.159 e. The molecule has 0 N–H and O–H groups in total. The molecule has 0 spiro atoms. The number of hydrogen-bond acceptors (Lipinski definition) is 7. The van der Waals surface area contributed by atoms with Crippen LogP contribution in [0.2, 0.25) is 0 Å². The largest absolute Gasteiger partial charge is 0.214 e. The maximum Gasteiger partial charge on any atom is 0.214 e. The van der Waals surface area contributed by atoms with Crippen LogP contribution in [-0.4, -0.2) is 40.4 Å². The quantitative estimate of drug-likeness (QED) is 0.218. The van der Waals surface area contributed by atoms with Crippen molar-refractivity contribution in [1.82, 2.24) is 40.4 Å². The fourth-order valence-corrected chi connectivity index (χ4v) is 4.71. The summed E-state index contributed by atoms with van der Waals surface area (Å²) in [5.41, 5.74) is 3.31. The minimum Gasteiger partial charge on any atom is -0.159 e. The van der Waals surface area contributed by atoms with Crippen LogP contribution < -0.4 is 0 Å². The molecule has 204 valence electrons. The van der Waals surface area contributed by atoms with Gasteiger partial charge in [-0.05, 0) is 49.8 Å². The number of hydrogen-bond donors (Lipinski definition) is 0. The van der Waals surface area contributed by atoms with Crippen molar-refractivity contribution in [2.75, 3.05) is 0 Å². The third-order valence-electron chi connectivity index (χ3n) is 5.99. The lowest BCUT2D eigenvalue weighted by Gasteiger charge is -2.00. The van der Waals surface area contributed by atoms with E-state index in [0.717, 1.165) is 16.0 Å². The average Bonchev–Trinajstić information content (AvgIpc) is 3.83. The Labute approximate surface area is 242 Å². The first-order chi connectivity index (χ1) is 20.3. The lowest BCUT2D eigenvalue weighted by Crippen LogP contribution is -2.03. The second-order valence-electron chi connectivity index (χ2n) is 8.80. The molecule has 0 aliphatic heterocycles. The fraction of sp³-hybridized carbons (Fsp3) is 0.125. The highest BCUT2D eigenvalue weighted by atomic mass is 32.1. The Morgan fingerprint density at radius 2 is 1.12 bits per heavy atom. The summed E-state index contributed by atoms with van der Waals surface area (Å²) in [5, 5.41) is 29.6. The minimum absolute atomic E-state index is 0.626. The van der Waals surface area contributed by atoms with E-state index in [9.17, 15) is 0 Å². The van der Waals surface area contributed by atoms with Gasteiger partial charge in [0.2, 0.25) is 11.6 Å². The summed E-state index contributed by atoms with van der Waals surface area (Å²) in [5.74, 6) is 1.35. The fourth-order valence-electron chi connectivity index (χ4n) is 4.06. The van der Waals surface area contributed by atoms with E-state index in [2.05, 4.69) is 67.2 Å². The van der Waals surface area contributed by atoms with Crippen molar-refractivity contribution in [3.05, 3.63) is 132 Å². The first kappa shape index (κ1) is 27.5. The van der Waals surface area contributed by atoms with Gasteiger partial charge in [0.05, 0.1) is 18.0 Å². The Kier molecular flexibility index (Phi) is 9.31. The molecule has 0 saturated carbocycles. The van der Waals surface area contributed by atoms with Gasteiger partial charge in [-0.1, -0.05) is 117 Å². The summed E-state index contributed by atoms with van der Waals surface area (Å²) < 4.78 is 0. The van der Waals surface area contributed by atoms with Gasteiger partial charge in [0, 0.05) is 5.56 Å². The van der Waals surface area contributed by atoms with Crippen LogP contribution in [0.5, 0.6) is 0 Å². The van der Waals surface area contributed by atoms with Crippen molar-refractivity contribution in [3.8, 4) is 22.1 Å². The van der Waals surface area contributed by atoms with Crippen LogP contribution in [0, 0.1) is 0 Å². The first-order valence-electron chi connectivity index (χ1n) is 13.5. The summed E-state index contributed by atoms with van der Waals surface area (Å²) in [6.45, 7) is 5.28. The van der Waals surface area contributed by atoms with Crippen LogP contribution in [0.4, 0.5) is 0 Å². The molecule has 0 aliphatic carbocycles. The van der Waals surface area contributed by atoms with Gasteiger partial charge in [0.15, 0.2) is 0 Å². The molecule has 0 aliphatic rings. The molecule has 41 heavy (non-hydrogen) atoms. The molecular weight excluding hydrogens is 528 g/mol. The third-order valence-corrected chi connectivity index (χ3v) is 6.85. The maximum absolute atomic E-state index is 4.48. The number of rotatable bonds is 6. The zero-order chi connectivity index (χ0) is 28.3. The summed E-state index contributed by atoms with van der Waals surface area (Å²) in [4.78, 5) is 4.29. The molecule has 3 aromatic heterocycles. The molecule has 7 rings (SSSR count). The molecule has 7 aromatic rings. The Morgan fingerprint density at radius 1 is 0.561 bits per heavy atom. The standard InChI is InChI=1S/C18H14N4.C12H10N4S.C2H6/c1-2-6-14(7-3-1)13-22-20-18(19-21-22)17-11-10-15-8-4-5-9-16(15)12-17;1-2-5-10(6-3-1)9-16-14-12(13-15-16)11-7-4-8-17-11;1-2/h1-12H,13H2;1-8H,9H2;1-2H3. The monoisotopic (exact) mass is 558 g/mol. The van der Waals surface area contributed by atoms with Crippen LogP contribution in [0.1, 0.15) is 25.0 Å². The highest BCUT2D eigenvalue weighted by Gasteiger charge is 2.08. The Morgan fingerprint density at radius 3 is 1.73 bits per heavy atom. The van der Waals surface area contributed by atoms with Crippen molar-refractivity contribution in [3.63, 3.8) is 0 Å². The van der Waals surface area contributed by atoms with E-state index in [4.69, 9.17) is 0 Å². The molecule has 0 amide bonds. The molecule has 0 fully saturated rings. The molecule has 0 unspecified atom stereocenters. The van der Waals surface area contributed by atoms with E-state index in [1.807, 2.05) is 98.1 Å². The zero-order valence-electron chi connectivity index (χ0n) is 22.9. The van der Waals surface area contributed by atoms with Crippen molar-refractivity contribution < 1.29 is 0 Å². The number of thiophene rings is 1. The number of fused-ring (bicyclic) bond motifs is 1. The van der Waals surface area contributed by atoms with Crippen LogP contribution in [0.25, 0.3) is 32.9 Å². The predicted octanol–water partition coefficient (Wildman–Crippen LogP) is 7.02. The number of aromatic nitrogens is 8.